The molecule has 0 unspecified atom stereocenters. The van der Waals surface area contributed by atoms with Gasteiger partial charge in [0.15, 0.2) is 0 Å². The summed E-state index contributed by atoms with van der Waals surface area (Å²) < 4.78 is 0. The van der Waals surface area contributed by atoms with Crippen molar-refractivity contribution in [3.63, 3.8) is 0 Å². The third-order valence-electron chi connectivity index (χ3n) is 1.26. The molecule has 0 saturated carbocycles. The summed E-state index contributed by atoms with van der Waals surface area (Å²) in [5, 5.41) is 0. The first-order valence-corrected chi connectivity index (χ1v) is 20.4. The van der Waals surface area contributed by atoms with Crippen LogP contribution >= 0.6 is 0 Å². The molecule has 12 heavy (non-hydrogen) atoms. The molecule has 2 aliphatic heterocycles. The van der Waals surface area contributed by atoms with Crippen molar-refractivity contribution < 1.29 is 0 Å². The zero-order chi connectivity index (χ0) is 8.23. The topological polar surface area (TPSA) is 0 Å². The quantitative estimate of drug-likeness (QED) is 0.591. The molecule has 0 N–H and O–H groups in total. The summed E-state index contributed by atoms with van der Waals surface area (Å²) >= 11 is 1.34. The Morgan fingerprint density at radius 1 is 0.583 bits per heavy atom. The van der Waals surface area contributed by atoms with E-state index >= 15 is 0 Å². The van der Waals surface area contributed by atoms with Crippen molar-refractivity contribution in [3.05, 3.63) is 44.2 Å². The average Bonchev–Trinajstić information content (AvgIpc) is 2.74. The number of hydrogen-bond acceptors (Lipinski definition) is 0. The molecule has 0 fully saturated rings. The average molecular weight is 420 g/mol. The van der Waals surface area contributed by atoms with Gasteiger partial charge in [-0.15, -0.1) is 0 Å². The van der Waals surface area contributed by atoms with Gasteiger partial charge in [-0.1, -0.05) is 0 Å². The molecular formula is C8H8Se4. The summed E-state index contributed by atoms with van der Waals surface area (Å²) in [4.78, 5) is 9.87. The predicted molar refractivity (Wildman–Crippen MR) is 59.6 cm³/mol. The van der Waals surface area contributed by atoms with Crippen LogP contribution in [0.5, 0.6) is 0 Å². The van der Waals surface area contributed by atoms with Gasteiger partial charge in [0.25, 0.3) is 0 Å². The minimum atomic E-state index is -0.318. The second-order valence-electron chi connectivity index (χ2n) is 2.11. The molecule has 0 saturated heterocycles. The van der Waals surface area contributed by atoms with E-state index in [0.717, 1.165) is 22.6 Å². The van der Waals surface area contributed by atoms with Crippen molar-refractivity contribution >= 4 is 46.8 Å². The van der Waals surface area contributed by atoms with E-state index in [4.69, 9.17) is 0 Å². The van der Waals surface area contributed by atoms with Gasteiger partial charge >= 0.3 is 91.0 Å². The fourth-order valence-corrected chi connectivity index (χ4v) is 65.3. The molecule has 0 aromatic heterocycles. The Bertz CT molecular complexity index is 212. The molecule has 0 aromatic carbocycles. The Kier molecular flexibility index (Phi) is 4.04. The fraction of sp³-hybridized carbons (Fsp3) is 0. The predicted octanol–water partition coefficient (Wildman–Crippen LogP) is 0.702. The summed E-state index contributed by atoms with van der Waals surface area (Å²) in [5.74, 6) is 0. The molecule has 4 heteroatoms. The van der Waals surface area contributed by atoms with E-state index in [9.17, 15) is 0 Å². The second kappa shape index (κ2) is 5.05. The fourth-order valence-electron chi connectivity index (χ4n) is 0.737. The summed E-state index contributed by atoms with van der Waals surface area (Å²) in [7, 11) is 0. The molecule has 64 valence electrons. The van der Waals surface area contributed by atoms with Crippen LogP contribution in [0, 0.1) is 0 Å². The standard InChI is InChI=1S/C8H8Se4/c1-2-6-11(5-1)9-10-12-7-3-4-8-12/h1-8H. The molecule has 2 radical (unpaired) electrons. The monoisotopic (exact) mass is 424 g/mol. The van der Waals surface area contributed by atoms with E-state index < -0.39 is 0 Å². The molecule has 2 heterocycles. The van der Waals surface area contributed by atoms with Crippen LogP contribution in [-0.2, 0) is 0 Å². The van der Waals surface area contributed by atoms with Crippen LogP contribution in [0.4, 0.5) is 0 Å². The molecule has 0 nitrogen and oxygen atoms in total. The van der Waals surface area contributed by atoms with Gasteiger partial charge in [-0.3, -0.25) is 0 Å². The Morgan fingerprint density at radius 3 is 1.25 bits per heavy atom. The van der Waals surface area contributed by atoms with E-state index in [1.807, 2.05) is 0 Å². The SMILES string of the molecule is C1=C[Se]([Se][Se][Se]2C=CC=C2)C=C1. The Balaban J connectivity index is 1.74. The van der Waals surface area contributed by atoms with Gasteiger partial charge < -0.3 is 0 Å². The molecule has 2 aliphatic rings. The molecule has 0 aliphatic carbocycles. The van der Waals surface area contributed by atoms with Gasteiger partial charge in [-0.25, -0.2) is 0 Å². The van der Waals surface area contributed by atoms with E-state index in [-0.39, 0.29) is 24.2 Å². The van der Waals surface area contributed by atoms with Crippen molar-refractivity contribution in [1.29, 1.82) is 0 Å². The number of allylic oxidation sites excluding steroid dienone is 4. The Morgan fingerprint density at radius 2 is 0.917 bits per heavy atom. The van der Waals surface area contributed by atoms with Gasteiger partial charge in [-0.05, 0) is 0 Å². The van der Waals surface area contributed by atoms with Gasteiger partial charge in [0, 0.05) is 0 Å². The van der Waals surface area contributed by atoms with Crippen LogP contribution < -0.4 is 0 Å². The van der Waals surface area contributed by atoms with E-state index in [1.54, 1.807) is 0 Å². The minimum absolute atomic E-state index is 0.318. The zero-order valence-corrected chi connectivity index (χ0v) is 13.1. The van der Waals surface area contributed by atoms with Crippen molar-refractivity contribution in [2.24, 2.45) is 0 Å². The normalized spacial score (nSPS) is 21.7. The zero-order valence-electron chi connectivity index (χ0n) is 6.25. The van der Waals surface area contributed by atoms with Crippen molar-refractivity contribution in [2.45, 2.75) is 0 Å². The number of hydrogen-bond donors (Lipinski definition) is 0. The molecule has 0 spiro atoms. The molecule has 0 aromatic rings. The van der Waals surface area contributed by atoms with Crippen LogP contribution in [-0.4, -0.2) is 46.8 Å². The molecular weight excluding hydrogens is 412 g/mol. The third kappa shape index (κ3) is 2.77. The maximum absolute atomic E-state index is 2.47. The second-order valence-corrected chi connectivity index (χ2v) is 34.5. The molecule has 0 amide bonds. The Labute approximate surface area is 90.0 Å². The van der Waals surface area contributed by atoms with Crippen molar-refractivity contribution in [1.82, 2.24) is 0 Å². The van der Waals surface area contributed by atoms with Gasteiger partial charge in [-0.2, -0.15) is 0 Å². The summed E-state index contributed by atoms with van der Waals surface area (Å²) in [6.07, 6.45) is 8.96. The maximum atomic E-state index is 2.47. The van der Waals surface area contributed by atoms with Gasteiger partial charge in [0.1, 0.15) is 0 Å². The summed E-state index contributed by atoms with van der Waals surface area (Å²) in [5.41, 5.74) is 0. The summed E-state index contributed by atoms with van der Waals surface area (Å²) in [6, 6.07) is 0. The third-order valence-corrected chi connectivity index (χ3v) is 51.8. The van der Waals surface area contributed by atoms with Gasteiger partial charge in [0.05, 0.1) is 0 Å². The van der Waals surface area contributed by atoms with Crippen LogP contribution in [0.3, 0.4) is 0 Å². The number of rotatable bonds is 3. The Hall–Kier alpha value is 1.04. The van der Waals surface area contributed by atoms with Crippen LogP contribution in [0.2, 0.25) is 0 Å². The first-order chi connectivity index (χ1) is 5.95. The molecule has 0 bridgehead atoms. The summed E-state index contributed by atoms with van der Waals surface area (Å²) in [6.45, 7) is 0. The van der Waals surface area contributed by atoms with E-state index in [1.165, 1.54) is 0 Å². The molecule has 2 rings (SSSR count). The van der Waals surface area contributed by atoms with Crippen molar-refractivity contribution in [2.75, 3.05) is 0 Å². The van der Waals surface area contributed by atoms with E-state index in [2.05, 4.69) is 44.2 Å². The first kappa shape index (κ1) is 9.59. The van der Waals surface area contributed by atoms with E-state index in [0.29, 0.717) is 0 Å². The van der Waals surface area contributed by atoms with Crippen LogP contribution in [0.15, 0.2) is 44.2 Å². The van der Waals surface area contributed by atoms with Gasteiger partial charge in [0.2, 0.25) is 0 Å². The molecule has 0 atom stereocenters. The van der Waals surface area contributed by atoms with Crippen molar-refractivity contribution in [3.8, 4) is 0 Å². The van der Waals surface area contributed by atoms with Crippen LogP contribution in [0.25, 0.3) is 0 Å². The van der Waals surface area contributed by atoms with Crippen LogP contribution in [0.1, 0.15) is 0 Å². The first-order valence-electron chi connectivity index (χ1n) is 3.44.